The summed E-state index contributed by atoms with van der Waals surface area (Å²) in [6.07, 6.45) is 1.29. The van der Waals surface area contributed by atoms with E-state index in [0.717, 1.165) is 16.5 Å². The zero-order chi connectivity index (χ0) is 14.7. The van der Waals surface area contributed by atoms with E-state index >= 15 is 0 Å². The number of fused-ring (bicyclic) bond motifs is 1. The summed E-state index contributed by atoms with van der Waals surface area (Å²) >= 11 is 0. The van der Waals surface area contributed by atoms with E-state index in [2.05, 4.69) is 4.98 Å². The number of carboxylic acid groups (broad SMARTS) is 2. The van der Waals surface area contributed by atoms with Gasteiger partial charge in [0.05, 0.1) is 5.92 Å². The lowest BCUT2D eigenvalue weighted by molar-refractivity contribution is -0.151. The molecule has 1 heterocycles. The highest BCUT2D eigenvalue weighted by molar-refractivity contribution is 6.33. The number of hydrogen-bond acceptors (Lipinski definition) is 3. The number of benzene rings is 1. The molecule has 0 aliphatic heterocycles. The highest BCUT2D eigenvalue weighted by Gasteiger charge is 2.25. The van der Waals surface area contributed by atoms with Crippen LogP contribution in [0.25, 0.3) is 10.9 Å². The fourth-order valence-electron chi connectivity index (χ4n) is 2.12. The van der Waals surface area contributed by atoms with E-state index < -0.39 is 30.1 Å². The third-order valence-electron chi connectivity index (χ3n) is 3.16. The Kier molecular flexibility index (Phi) is 3.84. The number of aliphatic carboxylic acids is 2. The summed E-state index contributed by atoms with van der Waals surface area (Å²) in [5.41, 5.74) is 1.63. The van der Waals surface area contributed by atoms with E-state index in [1.54, 1.807) is 6.20 Å². The quantitative estimate of drug-likeness (QED) is 0.692. The van der Waals surface area contributed by atoms with Crippen LogP contribution in [-0.4, -0.2) is 32.9 Å². The van der Waals surface area contributed by atoms with Gasteiger partial charge in [-0.3, -0.25) is 9.59 Å². The largest absolute Gasteiger partial charge is 0.481 e. The second kappa shape index (κ2) is 5.56. The molecule has 0 aliphatic rings. The summed E-state index contributed by atoms with van der Waals surface area (Å²) in [7, 11) is 0. The normalized spacial score (nSPS) is 12.2. The molecule has 0 aliphatic carbocycles. The van der Waals surface area contributed by atoms with E-state index in [4.69, 9.17) is 10.2 Å². The van der Waals surface area contributed by atoms with Crippen LogP contribution < -0.4 is 0 Å². The highest BCUT2D eigenvalue weighted by Crippen LogP contribution is 2.22. The maximum absolute atomic E-state index is 11.2. The van der Waals surface area contributed by atoms with Crippen molar-refractivity contribution in [3.63, 3.8) is 0 Å². The molecule has 0 radical (unpaired) electrons. The van der Waals surface area contributed by atoms with Gasteiger partial charge in [0.2, 0.25) is 5.78 Å². The number of ketones is 1. The minimum atomic E-state index is -1.60. The standard InChI is InChI=1S/C14H13NO5/c16-12(14(19)20)6-8(13(17)18)5-9-7-15-11-4-2-1-3-10(9)11/h1-4,7-8,15H,5-6H2,(H,17,18)(H,19,20). The Hall–Kier alpha value is -2.63. The third-order valence-corrected chi connectivity index (χ3v) is 3.16. The van der Waals surface area contributed by atoms with Crippen LogP contribution in [0.1, 0.15) is 12.0 Å². The molecule has 20 heavy (non-hydrogen) atoms. The fourth-order valence-corrected chi connectivity index (χ4v) is 2.12. The first-order valence-corrected chi connectivity index (χ1v) is 6.03. The molecule has 0 saturated carbocycles. The maximum atomic E-state index is 11.2. The predicted octanol–water partition coefficient (Wildman–Crippen LogP) is 1.45. The molecule has 1 aromatic carbocycles. The molecule has 104 valence electrons. The zero-order valence-electron chi connectivity index (χ0n) is 10.5. The van der Waals surface area contributed by atoms with Crippen LogP contribution in [0.5, 0.6) is 0 Å². The van der Waals surface area contributed by atoms with Crippen molar-refractivity contribution in [1.82, 2.24) is 4.98 Å². The van der Waals surface area contributed by atoms with Gasteiger partial charge in [-0.1, -0.05) is 18.2 Å². The van der Waals surface area contributed by atoms with Crippen LogP contribution in [0, 0.1) is 5.92 Å². The molecular formula is C14H13NO5. The average Bonchev–Trinajstić information content (AvgIpc) is 2.81. The first-order valence-electron chi connectivity index (χ1n) is 6.03. The second-order valence-electron chi connectivity index (χ2n) is 4.53. The lowest BCUT2D eigenvalue weighted by Crippen LogP contribution is -2.24. The first kappa shape index (κ1) is 13.8. The van der Waals surface area contributed by atoms with Crippen LogP contribution in [0.2, 0.25) is 0 Å². The number of aromatic amines is 1. The third kappa shape index (κ3) is 2.85. The van der Waals surface area contributed by atoms with Gasteiger partial charge in [0.15, 0.2) is 0 Å². The van der Waals surface area contributed by atoms with E-state index in [1.807, 2.05) is 24.3 Å². The molecule has 0 fully saturated rings. The maximum Gasteiger partial charge on any atom is 0.372 e. The van der Waals surface area contributed by atoms with Crippen LogP contribution in [0.3, 0.4) is 0 Å². The molecular weight excluding hydrogens is 262 g/mol. The van der Waals surface area contributed by atoms with Gasteiger partial charge in [0, 0.05) is 23.5 Å². The van der Waals surface area contributed by atoms with Crippen LogP contribution in [0.4, 0.5) is 0 Å². The molecule has 2 rings (SSSR count). The lowest BCUT2D eigenvalue weighted by Gasteiger charge is -2.09. The molecule has 0 spiro atoms. The van der Waals surface area contributed by atoms with Gasteiger partial charge >= 0.3 is 11.9 Å². The van der Waals surface area contributed by atoms with E-state index in [0.29, 0.717) is 0 Å². The summed E-state index contributed by atoms with van der Waals surface area (Å²) in [6.45, 7) is 0. The van der Waals surface area contributed by atoms with E-state index in [1.165, 1.54) is 0 Å². The van der Waals surface area contributed by atoms with Gasteiger partial charge in [-0.05, 0) is 18.1 Å². The van der Waals surface area contributed by atoms with Crippen molar-refractivity contribution in [3.8, 4) is 0 Å². The number of carboxylic acids is 2. The minimum absolute atomic E-state index is 0.109. The number of aromatic nitrogens is 1. The summed E-state index contributed by atoms with van der Waals surface area (Å²) in [5.74, 6) is -4.91. The molecule has 0 saturated heterocycles. The van der Waals surface area contributed by atoms with Crippen molar-refractivity contribution in [2.45, 2.75) is 12.8 Å². The number of nitrogens with one attached hydrogen (secondary N) is 1. The summed E-state index contributed by atoms with van der Waals surface area (Å²) in [4.78, 5) is 35.9. The smallest absolute Gasteiger partial charge is 0.372 e. The lowest BCUT2D eigenvalue weighted by atomic mass is 9.94. The number of H-pyrrole nitrogens is 1. The van der Waals surface area contributed by atoms with Crippen LogP contribution in [-0.2, 0) is 20.8 Å². The Balaban J connectivity index is 2.22. The van der Waals surface area contributed by atoms with Crippen LogP contribution >= 0.6 is 0 Å². The van der Waals surface area contributed by atoms with Gasteiger partial charge in [-0.25, -0.2) is 4.79 Å². The fraction of sp³-hybridized carbons (Fsp3) is 0.214. The Morgan fingerprint density at radius 1 is 1.15 bits per heavy atom. The SMILES string of the molecule is O=C(O)C(=O)CC(Cc1c[nH]c2ccccc12)C(=O)O. The Labute approximate surface area is 114 Å². The van der Waals surface area contributed by atoms with Gasteiger partial charge in [-0.15, -0.1) is 0 Å². The second-order valence-corrected chi connectivity index (χ2v) is 4.53. The van der Waals surface area contributed by atoms with E-state index in [-0.39, 0.29) is 6.42 Å². The first-order chi connectivity index (χ1) is 9.49. The number of para-hydroxylation sites is 1. The van der Waals surface area contributed by atoms with Crippen molar-refractivity contribution in [3.05, 3.63) is 36.0 Å². The molecule has 0 bridgehead atoms. The van der Waals surface area contributed by atoms with Gasteiger partial charge in [0.25, 0.3) is 0 Å². The summed E-state index contributed by atoms with van der Waals surface area (Å²) in [5, 5.41) is 18.6. The van der Waals surface area contributed by atoms with Gasteiger partial charge in [-0.2, -0.15) is 0 Å². The number of hydrogen-bond donors (Lipinski definition) is 3. The summed E-state index contributed by atoms with van der Waals surface area (Å²) in [6, 6.07) is 7.39. The molecule has 3 N–H and O–H groups in total. The van der Waals surface area contributed by atoms with Crippen molar-refractivity contribution in [2.24, 2.45) is 5.92 Å². The number of rotatable bonds is 6. The van der Waals surface area contributed by atoms with Crippen molar-refractivity contribution < 1.29 is 24.6 Å². The van der Waals surface area contributed by atoms with Crippen molar-refractivity contribution in [1.29, 1.82) is 0 Å². The predicted molar refractivity (Wildman–Crippen MR) is 70.4 cm³/mol. The number of Topliss-reactive ketones (excluding diaryl/α,β-unsaturated/α-hetero) is 1. The molecule has 1 unspecified atom stereocenters. The minimum Gasteiger partial charge on any atom is -0.481 e. The van der Waals surface area contributed by atoms with Crippen molar-refractivity contribution >= 4 is 28.6 Å². The average molecular weight is 275 g/mol. The molecule has 1 atom stereocenters. The van der Waals surface area contributed by atoms with Gasteiger partial charge < -0.3 is 15.2 Å². The molecule has 6 nitrogen and oxygen atoms in total. The van der Waals surface area contributed by atoms with E-state index in [9.17, 15) is 14.4 Å². The number of carbonyl (C=O) groups excluding carboxylic acids is 1. The van der Waals surface area contributed by atoms with Crippen molar-refractivity contribution in [2.75, 3.05) is 0 Å². The summed E-state index contributed by atoms with van der Waals surface area (Å²) < 4.78 is 0. The van der Waals surface area contributed by atoms with Gasteiger partial charge in [0.1, 0.15) is 0 Å². The monoisotopic (exact) mass is 275 g/mol. The topological polar surface area (TPSA) is 107 Å². The Morgan fingerprint density at radius 3 is 2.50 bits per heavy atom. The highest BCUT2D eigenvalue weighted by atomic mass is 16.4. The molecule has 0 amide bonds. The zero-order valence-corrected chi connectivity index (χ0v) is 10.5. The van der Waals surface area contributed by atoms with Crippen LogP contribution in [0.15, 0.2) is 30.5 Å². The molecule has 6 heteroatoms. The molecule has 1 aromatic heterocycles. The Bertz CT molecular complexity index is 673. The Morgan fingerprint density at radius 2 is 1.85 bits per heavy atom. The molecule has 2 aromatic rings. The number of carbonyl (C=O) groups is 3.